The van der Waals surface area contributed by atoms with Gasteiger partial charge in [-0.15, -0.1) is 0 Å². The molecule has 0 unspecified atom stereocenters. The fraction of sp³-hybridized carbons (Fsp3) is 0.933. The van der Waals surface area contributed by atoms with Crippen LogP contribution in [-0.2, 0) is 14.3 Å². The summed E-state index contributed by atoms with van der Waals surface area (Å²) in [6.07, 6.45) is 5.62. The lowest BCUT2D eigenvalue weighted by Gasteiger charge is -2.34. The van der Waals surface area contributed by atoms with E-state index in [0.717, 1.165) is 45.4 Å². The van der Waals surface area contributed by atoms with Gasteiger partial charge >= 0.3 is 0 Å². The first-order valence-corrected chi connectivity index (χ1v) is 7.98. The Morgan fingerprint density at radius 3 is 2.65 bits per heavy atom. The number of nitrogens with one attached hydrogen (secondary N) is 2. The lowest BCUT2D eigenvalue weighted by molar-refractivity contribution is -0.124. The lowest BCUT2D eigenvalue weighted by Crippen LogP contribution is -2.37. The van der Waals surface area contributed by atoms with Crippen molar-refractivity contribution in [3.63, 3.8) is 0 Å². The van der Waals surface area contributed by atoms with E-state index in [0.29, 0.717) is 37.7 Å². The minimum atomic E-state index is 0.152. The quantitative estimate of drug-likeness (QED) is 0.655. The lowest BCUT2D eigenvalue weighted by atomic mass is 9.80. The third-order valence-corrected chi connectivity index (χ3v) is 4.13. The highest BCUT2D eigenvalue weighted by Gasteiger charge is 2.30. The minimum absolute atomic E-state index is 0.152. The first-order chi connectivity index (χ1) is 9.78. The van der Waals surface area contributed by atoms with Crippen LogP contribution in [0.4, 0.5) is 0 Å². The first-order valence-electron chi connectivity index (χ1n) is 7.98. The van der Waals surface area contributed by atoms with Gasteiger partial charge in [0.25, 0.3) is 0 Å². The van der Waals surface area contributed by atoms with Crippen LogP contribution < -0.4 is 10.6 Å². The van der Waals surface area contributed by atoms with Gasteiger partial charge in [0.1, 0.15) is 0 Å². The summed E-state index contributed by atoms with van der Waals surface area (Å²) >= 11 is 0. The largest absolute Gasteiger partial charge is 0.378 e. The average molecular weight is 284 g/mol. The Hall–Kier alpha value is -0.650. The number of carbonyl (C=O) groups excluding carboxylic acids is 1. The van der Waals surface area contributed by atoms with Gasteiger partial charge in [-0.05, 0) is 51.6 Å². The summed E-state index contributed by atoms with van der Waals surface area (Å²) in [6, 6.07) is 0. The Labute approximate surface area is 121 Å². The fourth-order valence-corrected chi connectivity index (χ4v) is 2.93. The topological polar surface area (TPSA) is 59.6 Å². The molecule has 20 heavy (non-hydrogen) atoms. The number of hydrogen-bond acceptors (Lipinski definition) is 4. The summed E-state index contributed by atoms with van der Waals surface area (Å²) < 4.78 is 11.3. The highest BCUT2D eigenvalue weighted by Crippen LogP contribution is 2.32. The maximum absolute atomic E-state index is 11.7. The molecule has 0 aromatic heterocycles. The van der Waals surface area contributed by atoms with E-state index in [1.807, 2.05) is 6.92 Å². The van der Waals surface area contributed by atoms with Crippen molar-refractivity contribution in [3.05, 3.63) is 0 Å². The van der Waals surface area contributed by atoms with Gasteiger partial charge in [-0.3, -0.25) is 4.79 Å². The summed E-state index contributed by atoms with van der Waals surface area (Å²) in [5.41, 5.74) is 0. The van der Waals surface area contributed by atoms with Gasteiger partial charge in [0.2, 0.25) is 5.91 Å². The van der Waals surface area contributed by atoms with E-state index in [-0.39, 0.29) is 5.91 Å². The molecule has 1 heterocycles. The van der Waals surface area contributed by atoms with Crippen molar-refractivity contribution in [1.82, 2.24) is 10.6 Å². The van der Waals surface area contributed by atoms with Gasteiger partial charge in [0.15, 0.2) is 0 Å². The first kappa shape index (κ1) is 15.7. The fourth-order valence-electron chi connectivity index (χ4n) is 2.93. The zero-order chi connectivity index (χ0) is 14.2. The molecule has 116 valence electrons. The summed E-state index contributed by atoms with van der Waals surface area (Å²) in [5, 5.41) is 6.26. The van der Waals surface area contributed by atoms with Gasteiger partial charge in [-0.1, -0.05) is 0 Å². The second-order valence-electron chi connectivity index (χ2n) is 5.79. The van der Waals surface area contributed by atoms with Gasteiger partial charge < -0.3 is 20.1 Å². The second kappa shape index (κ2) is 8.60. The minimum Gasteiger partial charge on any atom is -0.378 e. The van der Waals surface area contributed by atoms with Gasteiger partial charge in [-0.2, -0.15) is 0 Å². The van der Waals surface area contributed by atoms with Crippen LogP contribution in [0.3, 0.4) is 0 Å². The summed E-state index contributed by atoms with van der Waals surface area (Å²) in [7, 11) is 0. The molecule has 0 radical (unpaired) electrons. The molecule has 1 aliphatic carbocycles. The molecule has 1 saturated heterocycles. The number of amides is 1. The zero-order valence-corrected chi connectivity index (χ0v) is 12.5. The van der Waals surface area contributed by atoms with E-state index in [4.69, 9.17) is 9.47 Å². The standard InChI is InChI=1S/C15H28N2O3/c1-2-19-14-9-12(10-14)11-15(18)17-7-8-20-13-3-5-16-6-4-13/h12-14,16H,2-11H2,1H3,(H,17,18). The van der Waals surface area contributed by atoms with Crippen LogP contribution in [0.2, 0.25) is 0 Å². The number of ether oxygens (including phenoxy) is 2. The smallest absolute Gasteiger partial charge is 0.220 e. The summed E-state index contributed by atoms with van der Waals surface area (Å²) in [4.78, 5) is 11.7. The van der Waals surface area contributed by atoms with Gasteiger partial charge in [-0.25, -0.2) is 0 Å². The summed E-state index contributed by atoms with van der Waals surface area (Å²) in [5.74, 6) is 0.663. The van der Waals surface area contributed by atoms with Crippen molar-refractivity contribution >= 4 is 5.91 Å². The SMILES string of the molecule is CCOC1CC(CC(=O)NCCOC2CCNCC2)C1. The Bertz CT molecular complexity index is 287. The highest BCUT2D eigenvalue weighted by atomic mass is 16.5. The summed E-state index contributed by atoms with van der Waals surface area (Å²) in [6.45, 7) is 6.13. The molecule has 0 spiro atoms. The third kappa shape index (κ3) is 5.38. The average Bonchev–Trinajstić information content (AvgIpc) is 2.42. The van der Waals surface area contributed by atoms with Crippen molar-refractivity contribution in [3.8, 4) is 0 Å². The third-order valence-electron chi connectivity index (χ3n) is 4.13. The maximum Gasteiger partial charge on any atom is 0.220 e. The van der Waals surface area contributed by atoms with E-state index in [1.54, 1.807) is 0 Å². The molecule has 1 amide bonds. The molecule has 0 aromatic carbocycles. The van der Waals surface area contributed by atoms with E-state index < -0.39 is 0 Å². The van der Waals surface area contributed by atoms with E-state index in [1.165, 1.54) is 0 Å². The monoisotopic (exact) mass is 284 g/mol. The molecule has 5 heteroatoms. The zero-order valence-electron chi connectivity index (χ0n) is 12.5. The highest BCUT2D eigenvalue weighted by molar-refractivity contribution is 5.76. The van der Waals surface area contributed by atoms with Crippen molar-refractivity contribution in [2.75, 3.05) is 32.8 Å². The van der Waals surface area contributed by atoms with Crippen LogP contribution in [0.15, 0.2) is 0 Å². The van der Waals surface area contributed by atoms with E-state index in [2.05, 4.69) is 10.6 Å². The molecule has 5 nitrogen and oxygen atoms in total. The molecule has 0 atom stereocenters. The molecule has 2 fully saturated rings. The van der Waals surface area contributed by atoms with Crippen LogP contribution in [-0.4, -0.2) is 51.0 Å². The van der Waals surface area contributed by atoms with Crippen LogP contribution >= 0.6 is 0 Å². The molecule has 0 aromatic rings. The predicted molar refractivity (Wildman–Crippen MR) is 77.6 cm³/mol. The second-order valence-corrected chi connectivity index (χ2v) is 5.79. The molecule has 1 saturated carbocycles. The Morgan fingerprint density at radius 1 is 1.20 bits per heavy atom. The Balaban J connectivity index is 1.44. The molecule has 0 bridgehead atoms. The predicted octanol–water partition coefficient (Wildman–Crippen LogP) is 1.08. The van der Waals surface area contributed by atoms with Crippen LogP contribution in [0, 0.1) is 5.92 Å². The Kier molecular flexibility index (Phi) is 6.76. The number of piperidine rings is 1. The molecular weight excluding hydrogens is 256 g/mol. The molecule has 2 N–H and O–H groups in total. The van der Waals surface area contributed by atoms with Crippen LogP contribution in [0.25, 0.3) is 0 Å². The molecule has 1 aliphatic heterocycles. The maximum atomic E-state index is 11.7. The molecule has 2 rings (SSSR count). The van der Waals surface area contributed by atoms with Crippen molar-refractivity contribution in [2.24, 2.45) is 5.92 Å². The number of rotatable bonds is 8. The van der Waals surface area contributed by atoms with Crippen molar-refractivity contribution in [1.29, 1.82) is 0 Å². The van der Waals surface area contributed by atoms with Gasteiger partial charge in [0, 0.05) is 19.6 Å². The molecule has 2 aliphatic rings. The van der Waals surface area contributed by atoms with Gasteiger partial charge in [0.05, 0.1) is 18.8 Å². The van der Waals surface area contributed by atoms with Crippen molar-refractivity contribution in [2.45, 2.75) is 51.2 Å². The molecular formula is C15H28N2O3. The van der Waals surface area contributed by atoms with Crippen LogP contribution in [0.1, 0.15) is 39.0 Å². The van der Waals surface area contributed by atoms with E-state index >= 15 is 0 Å². The normalized spacial score (nSPS) is 27.1. The Morgan fingerprint density at radius 2 is 1.95 bits per heavy atom. The van der Waals surface area contributed by atoms with Crippen molar-refractivity contribution < 1.29 is 14.3 Å². The van der Waals surface area contributed by atoms with Crippen LogP contribution in [0.5, 0.6) is 0 Å². The number of carbonyl (C=O) groups is 1. The van der Waals surface area contributed by atoms with E-state index in [9.17, 15) is 4.79 Å². The number of hydrogen-bond donors (Lipinski definition) is 2.